The highest BCUT2D eigenvalue weighted by Crippen LogP contribution is 2.24. The zero-order valence-electron chi connectivity index (χ0n) is 9.22. The molecular formula is C14H19. The van der Waals surface area contributed by atoms with Gasteiger partial charge < -0.3 is 0 Å². The van der Waals surface area contributed by atoms with Gasteiger partial charge in [-0.2, -0.15) is 0 Å². The van der Waals surface area contributed by atoms with Gasteiger partial charge >= 0.3 is 0 Å². The van der Waals surface area contributed by atoms with Crippen LogP contribution in [0.1, 0.15) is 36.5 Å². The van der Waals surface area contributed by atoms with Gasteiger partial charge in [-0.15, -0.1) is 6.58 Å². The predicted octanol–water partition coefficient (Wildman–Crippen LogP) is 3.92. The molecule has 1 atom stereocenters. The summed E-state index contributed by atoms with van der Waals surface area (Å²) >= 11 is 0. The van der Waals surface area contributed by atoms with Crippen molar-refractivity contribution in [1.29, 1.82) is 0 Å². The third kappa shape index (κ3) is 2.06. The minimum absolute atomic E-state index is 0.219. The Morgan fingerprint density at radius 1 is 1.29 bits per heavy atom. The van der Waals surface area contributed by atoms with E-state index in [2.05, 4.69) is 45.5 Å². The molecule has 0 N–H and O–H groups in total. The van der Waals surface area contributed by atoms with Crippen molar-refractivity contribution in [3.63, 3.8) is 0 Å². The molecule has 1 unspecified atom stereocenters. The van der Waals surface area contributed by atoms with E-state index in [1.165, 1.54) is 16.7 Å². The van der Waals surface area contributed by atoms with Crippen LogP contribution in [-0.4, -0.2) is 0 Å². The van der Waals surface area contributed by atoms with E-state index in [0.29, 0.717) is 0 Å². The number of benzene rings is 1. The average Bonchev–Trinajstić information content (AvgIpc) is 2.26. The van der Waals surface area contributed by atoms with Gasteiger partial charge in [0, 0.05) is 5.92 Å². The summed E-state index contributed by atoms with van der Waals surface area (Å²) < 4.78 is 0. The molecule has 0 heteroatoms. The monoisotopic (exact) mass is 187 g/mol. The SMILES string of the molecule is [CH2]C(C=C)c1cccc(CC)c1CC. The number of aryl methyl sites for hydroxylation is 1. The van der Waals surface area contributed by atoms with Crippen LogP contribution in [0.3, 0.4) is 0 Å². The highest BCUT2D eigenvalue weighted by molar-refractivity contribution is 5.39. The van der Waals surface area contributed by atoms with Crippen molar-refractivity contribution in [2.24, 2.45) is 0 Å². The molecule has 0 spiro atoms. The van der Waals surface area contributed by atoms with Crippen LogP contribution in [0.4, 0.5) is 0 Å². The Labute approximate surface area is 87.7 Å². The van der Waals surface area contributed by atoms with Crippen LogP contribution in [0.25, 0.3) is 0 Å². The van der Waals surface area contributed by atoms with E-state index in [-0.39, 0.29) is 5.92 Å². The Bertz CT molecular complexity index is 310. The summed E-state index contributed by atoms with van der Waals surface area (Å²) in [6.07, 6.45) is 4.09. The van der Waals surface area contributed by atoms with Crippen LogP contribution >= 0.6 is 0 Å². The second kappa shape index (κ2) is 4.99. The summed E-state index contributed by atoms with van der Waals surface area (Å²) in [6, 6.07) is 6.49. The molecule has 1 aromatic rings. The largest absolute Gasteiger partial charge is 0.102 e. The minimum atomic E-state index is 0.219. The van der Waals surface area contributed by atoms with Crippen LogP contribution in [0, 0.1) is 6.92 Å². The molecule has 0 saturated carbocycles. The summed E-state index contributed by atoms with van der Waals surface area (Å²) in [5.41, 5.74) is 4.23. The van der Waals surface area contributed by atoms with Gasteiger partial charge in [-0.25, -0.2) is 0 Å². The molecule has 1 aromatic carbocycles. The van der Waals surface area contributed by atoms with Gasteiger partial charge in [0.1, 0.15) is 0 Å². The molecule has 14 heavy (non-hydrogen) atoms. The van der Waals surface area contributed by atoms with E-state index in [4.69, 9.17) is 0 Å². The van der Waals surface area contributed by atoms with Crippen molar-refractivity contribution in [3.8, 4) is 0 Å². The van der Waals surface area contributed by atoms with Crippen molar-refractivity contribution in [3.05, 3.63) is 54.5 Å². The fourth-order valence-electron chi connectivity index (χ4n) is 1.89. The van der Waals surface area contributed by atoms with Gasteiger partial charge in [0.05, 0.1) is 0 Å². The first kappa shape index (κ1) is 11.0. The lowest BCUT2D eigenvalue weighted by Crippen LogP contribution is -2.00. The Morgan fingerprint density at radius 3 is 2.50 bits per heavy atom. The van der Waals surface area contributed by atoms with Gasteiger partial charge in [-0.3, -0.25) is 0 Å². The van der Waals surface area contributed by atoms with Crippen molar-refractivity contribution in [2.45, 2.75) is 32.6 Å². The first-order valence-corrected chi connectivity index (χ1v) is 5.30. The Hall–Kier alpha value is -1.04. The fourth-order valence-corrected chi connectivity index (χ4v) is 1.89. The van der Waals surface area contributed by atoms with Gasteiger partial charge in [-0.05, 0) is 36.5 Å². The normalized spacial score (nSPS) is 12.5. The summed E-state index contributed by atoms with van der Waals surface area (Å²) in [5.74, 6) is 0.219. The molecule has 0 saturated heterocycles. The van der Waals surface area contributed by atoms with E-state index in [1.807, 2.05) is 6.08 Å². The predicted molar refractivity (Wildman–Crippen MR) is 63.5 cm³/mol. The maximum atomic E-state index is 4.09. The molecule has 0 bridgehead atoms. The molecule has 0 aromatic heterocycles. The maximum absolute atomic E-state index is 4.09. The maximum Gasteiger partial charge on any atom is 0.00184 e. The third-order valence-corrected chi connectivity index (χ3v) is 2.73. The molecular weight excluding hydrogens is 168 g/mol. The third-order valence-electron chi connectivity index (χ3n) is 2.73. The molecule has 0 aliphatic heterocycles. The molecule has 0 fully saturated rings. The van der Waals surface area contributed by atoms with Crippen molar-refractivity contribution in [1.82, 2.24) is 0 Å². The van der Waals surface area contributed by atoms with Gasteiger partial charge in [0.15, 0.2) is 0 Å². The second-order valence-electron chi connectivity index (χ2n) is 3.53. The summed E-state index contributed by atoms with van der Waals surface area (Å²) in [6.45, 7) is 12.3. The van der Waals surface area contributed by atoms with Gasteiger partial charge in [0.2, 0.25) is 0 Å². The Kier molecular flexibility index (Phi) is 3.94. The quantitative estimate of drug-likeness (QED) is 0.627. The zero-order chi connectivity index (χ0) is 10.6. The van der Waals surface area contributed by atoms with Crippen molar-refractivity contribution < 1.29 is 0 Å². The zero-order valence-corrected chi connectivity index (χ0v) is 9.22. The highest BCUT2D eigenvalue weighted by Gasteiger charge is 2.08. The van der Waals surface area contributed by atoms with Crippen molar-refractivity contribution >= 4 is 0 Å². The average molecular weight is 187 g/mol. The fraction of sp³-hybridized carbons (Fsp3) is 0.357. The van der Waals surface area contributed by atoms with Crippen LogP contribution in [0.5, 0.6) is 0 Å². The first-order chi connectivity index (χ1) is 6.74. The number of allylic oxidation sites excluding steroid dienone is 1. The topological polar surface area (TPSA) is 0 Å². The molecule has 0 nitrogen and oxygen atoms in total. The van der Waals surface area contributed by atoms with Crippen molar-refractivity contribution in [2.75, 3.05) is 0 Å². The van der Waals surface area contributed by atoms with Crippen LogP contribution in [0.15, 0.2) is 30.9 Å². The first-order valence-electron chi connectivity index (χ1n) is 5.30. The molecule has 0 aliphatic carbocycles. The minimum Gasteiger partial charge on any atom is -0.102 e. The molecule has 0 amide bonds. The van der Waals surface area contributed by atoms with E-state index < -0.39 is 0 Å². The van der Waals surface area contributed by atoms with E-state index in [1.54, 1.807) is 0 Å². The molecule has 75 valence electrons. The Morgan fingerprint density at radius 2 is 2.00 bits per heavy atom. The number of hydrogen-bond donors (Lipinski definition) is 0. The second-order valence-corrected chi connectivity index (χ2v) is 3.53. The molecule has 1 radical (unpaired) electrons. The van der Waals surface area contributed by atoms with Crippen LogP contribution in [-0.2, 0) is 12.8 Å². The standard InChI is InChI=1S/C14H19/c1-5-11(4)14-10-8-9-12(6-2)13(14)7-3/h5,8-11H,1,4,6-7H2,2-3H3. The van der Waals surface area contributed by atoms with Crippen LogP contribution < -0.4 is 0 Å². The molecule has 0 aliphatic rings. The smallest absolute Gasteiger partial charge is 0.00184 e. The lowest BCUT2D eigenvalue weighted by molar-refractivity contribution is 0.962. The summed E-state index contributed by atoms with van der Waals surface area (Å²) in [5, 5.41) is 0. The molecule has 0 heterocycles. The highest BCUT2D eigenvalue weighted by atomic mass is 14.1. The molecule has 1 rings (SSSR count). The Balaban J connectivity index is 3.21. The number of rotatable bonds is 4. The van der Waals surface area contributed by atoms with Crippen LogP contribution in [0.2, 0.25) is 0 Å². The number of hydrogen-bond acceptors (Lipinski definition) is 0. The summed E-state index contributed by atoms with van der Waals surface area (Å²) in [4.78, 5) is 0. The van der Waals surface area contributed by atoms with Gasteiger partial charge in [0.25, 0.3) is 0 Å². The van der Waals surface area contributed by atoms with Gasteiger partial charge in [-0.1, -0.05) is 38.1 Å². The van der Waals surface area contributed by atoms with E-state index >= 15 is 0 Å². The lowest BCUT2D eigenvalue weighted by Gasteiger charge is -2.15. The van der Waals surface area contributed by atoms with E-state index in [9.17, 15) is 0 Å². The summed E-state index contributed by atoms with van der Waals surface area (Å²) in [7, 11) is 0. The van der Waals surface area contributed by atoms with E-state index in [0.717, 1.165) is 12.8 Å². The lowest BCUT2D eigenvalue weighted by atomic mass is 9.90.